The molecule has 3 N–H and O–H groups in total. The van der Waals surface area contributed by atoms with Crippen molar-refractivity contribution in [3.05, 3.63) is 76.3 Å². The fraction of sp³-hybridized carbons (Fsp3) is 0.105. The molecule has 132 valence electrons. The molecule has 2 aromatic heterocycles. The first kappa shape index (κ1) is 17.2. The van der Waals surface area contributed by atoms with Gasteiger partial charge in [-0.15, -0.1) is 0 Å². The first-order valence-electron chi connectivity index (χ1n) is 8.05. The average molecular weight is 351 g/mol. The van der Waals surface area contributed by atoms with E-state index in [0.29, 0.717) is 29.2 Å². The summed E-state index contributed by atoms with van der Waals surface area (Å²) in [6, 6.07) is 12.9. The Kier molecular flexibility index (Phi) is 4.98. The molecule has 3 aromatic rings. The van der Waals surface area contributed by atoms with Crippen molar-refractivity contribution in [2.75, 3.05) is 11.9 Å². The maximum Gasteiger partial charge on any atom is 0.261 e. The minimum absolute atomic E-state index is 0.0382. The van der Waals surface area contributed by atoms with Crippen LogP contribution in [0.2, 0.25) is 0 Å². The maximum absolute atomic E-state index is 12.4. The van der Waals surface area contributed by atoms with E-state index in [1.54, 1.807) is 42.5 Å². The Hall–Kier alpha value is -3.61. The number of hydrogen-bond donors (Lipinski definition) is 3. The first-order valence-corrected chi connectivity index (χ1v) is 8.05. The number of pyridine rings is 1. The minimum atomic E-state index is -0.565. The normalized spacial score (nSPS) is 10.3. The molecular formula is C19H17N3O4. The zero-order valence-electron chi connectivity index (χ0n) is 14.0. The Labute approximate surface area is 149 Å². The topological polar surface area (TPSA) is 104 Å². The summed E-state index contributed by atoms with van der Waals surface area (Å²) in [6.45, 7) is 2.33. The van der Waals surface area contributed by atoms with Gasteiger partial charge in [0, 0.05) is 17.8 Å². The van der Waals surface area contributed by atoms with E-state index in [0.717, 1.165) is 0 Å². The molecule has 0 unspecified atom stereocenters. The van der Waals surface area contributed by atoms with Crippen LogP contribution in [0.5, 0.6) is 0 Å². The van der Waals surface area contributed by atoms with Crippen LogP contribution < -0.4 is 16.2 Å². The van der Waals surface area contributed by atoms with Crippen LogP contribution in [0.25, 0.3) is 11.5 Å². The highest BCUT2D eigenvalue weighted by atomic mass is 16.3. The van der Waals surface area contributed by atoms with Gasteiger partial charge in [0.2, 0.25) is 0 Å². The number of aromatic amines is 1. The highest BCUT2D eigenvalue weighted by Crippen LogP contribution is 2.16. The molecule has 0 spiro atoms. The van der Waals surface area contributed by atoms with Crippen LogP contribution in [0, 0.1) is 0 Å². The van der Waals surface area contributed by atoms with Gasteiger partial charge in [-0.1, -0.05) is 6.07 Å². The maximum atomic E-state index is 12.4. The minimum Gasteiger partial charge on any atom is -0.463 e. The summed E-state index contributed by atoms with van der Waals surface area (Å²) in [7, 11) is 0. The van der Waals surface area contributed by atoms with Crippen molar-refractivity contribution in [2.45, 2.75) is 6.92 Å². The summed E-state index contributed by atoms with van der Waals surface area (Å²) in [5.41, 5.74) is 0.759. The number of amides is 2. The molecule has 2 amide bonds. The predicted molar refractivity (Wildman–Crippen MR) is 97.2 cm³/mol. The molecule has 26 heavy (non-hydrogen) atoms. The van der Waals surface area contributed by atoms with Crippen LogP contribution in [0.1, 0.15) is 27.6 Å². The quantitative estimate of drug-likeness (QED) is 0.657. The molecule has 0 aliphatic heterocycles. The number of benzene rings is 1. The van der Waals surface area contributed by atoms with Crippen LogP contribution >= 0.6 is 0 Å². The molecule has 1 aromatic carbocycles. The van der Waals surface area contributed by atoms with E-state index in [1.807, 2.05) is 6.92 Å². The van der Waals surface area contributed by atoms with Crippen LogP contribution in [0.4, 0.5) is 5.69 Å². The van der Waals surface area contributed by atoms with Crippen molar-refractivity contribution >= 4 is 17.5 Å². The van der Waals surface area contributed by atoms with Crippen LogP contribution in [-0.2, 0) is 0 Å². The van der Waals surface area contributed by atoms with E-state index < -0.39 is 11.5 Å². The summed E-state index contributed by atoms with van der Waals surface area (Å²) >= 11 is 0. The van der Waals surface area contributed by atoms with Gasteiger partial charge in [-0.25, -0.2) is 0 Å². The highest BCUT2D eigenvalue weighted by Gasteiger charge is 2.13. The summed E-state index contributed by atoms with van der Waals surface area (Å²) in [5.74, 6) is -0.293. The van der Waals surface area contributed by atoms with Gasteiger partial charge >= 0.3 is 0 Å². The zero-order chi connectivity index (χ0) is 18.5. The number of H-pyrrole nitrogens is 1. The number of rotatable bonds is 5. The fourth-order valence-corrected chi connectivity index (χ4v) is 2.43. The standard InChI is InChI=1S/C19H17N3O4/c1-2-20-17(23)12-5-3-6-13(11-12)21-18(24)14-8-9-15(22-19(14)25)16-7-4-10-26-16/h3-11H,2H2,1H3,(H,20,23)(H,21,24)(H,22,25). The van der Waals surface area contributed by atoms with Crippen molar-refractivity contribution in [3.63, 3.8) is 0 Å². The molecule has 0 aliphatic carbocycles. The third kappa shape index (κ3) is 3.72. The van der Waals surface area contributed by atoms with Gasteiger partial charge in [-0.2, -0.15) is 0 Å². The van der Waals surface area contributed by atoms with Crippen molar-refractivity contribution in [1.82, 2.24) is 10.3 Å². The first-order chi connectivity index (χ1) is 12.6. The van der Waals surface area contributed by atoms with Crippen LogP contribution in [0.3, 0.4) is 0 Å². The molecule has 0 bridgehead atoms. The van der Waals surface area contributed by atoms with Crippen molar-refractivity contribution in [2.24, 2.45) is 0 Å². The number of nitrogens with one attached hydrogen (secondary N) is 3. The lowest BCUT2D eigenvalue weighted by atomic mass is 10.1. The van der Waals surface area contributed by atoms with Gasteiger partial charge in [0.15, 0.2) is 0 Å². The number of anilines is 1. The monoisotopic (exact) mass is 351 g/mol. The Bertz CT molecular complexity index is 990. The third-order valence-electron chi connectivity index (χ3n) is 3.66. The van der Waals surface area contributed by atoms with Gasteiger partial charge in [0.1, 0.15) is 11.3 Å². The van der Waals surface area contributed by atoms with Crippen molar-refractivity contribution in [1.29, 1.82) is 0 Å². The van der Waals surface area contributed by atoms with E-state index in [-0.39, 0.29) is 11.5 Å². The Balaban J connectivity index is 1.79. The smallest absolute Gasteiger partial charge is 0.261 e. The van der Waals surface area contributed by atoms with Gasteiger partial charge in [-0.3, -0.25) is 14.4 Å². The van der Waals surface area contributed by atoms with Crippen LogP contribution in [0.15, 0.2) is 64.0 Å². The number of hydrogen-bond acceptors (Lipinski definition) is 4. The van der Waals surface area contributed by atoms with E-state index in [1.165, 1.54) is 12.3 Å². The Morgan fingerprint density at radius 1 is 1.08 bits per heavy atom. The van der Waals surface area contributed by atoms with Crippen molar-refractivity contribution in [3.8, 4) is 11.5 Å². The number of carbonyl (C=O) groups excluding carboxylic acids is 2. The lowest BCUT2D eigenvalue weighted by Crippen LogP contribution is -2.24. The number of aromatic nitrogens is 1. The fourth-order valence-electron chi connectivity index (χ4n) is 2.43. The van der Waals surface area contributed by atoms with Gasteiger partial charge in [0.25, 0.3) is 17.4 Å². The molecule has 2 heterocycles. The lowest BCUT2D eigenvalue weighted by Gasteiger charge is -2.08. The molecule has 0 atom stereocenters. The highest BCUT2D eigenvalue weighted by molar-refractivity contribution is 6.05. The summed E-state index contributed by atoms with van der Waals surface area (Å²) < 4.78 is 5.22. The number of carbonyl (C=O) groups is 2. The molecule has 3 rings (SSSR count). The van der Waals surface area contributed by atoms with E-state index in [9.17, 15) is 14.4 Å². The lowest BCUT2D eigenvalue weighted by molar-refractivity contribution is 0.0954. The zero-order valence-corrected chi connectivity index (χ0v) is 14.0. The second kappa shape index (κ2) is 7.52. The van der Waals surface area contributed by atoms with E-state index in [2.05, 4.69) is 15.6 Å². The van der Waals surface area contributed by atoms with Gasteiger partial charge in [-0.05, 0) is 49.4 Å². The molecule has 0 radical (unpaired) electrons. The molecule has 0 fully saturated rings. The van der Waals surface area contributed by atoms with Crippen LogP contribution in [-0.4, -0.2) is 23.3 Å². The van der Waals surface area contributed by atoms with E-state index in [4.69, 9.17) is 4.42 Å². The van der Waals surface area contributed by atoms with Gasteiger partial charge in [0.05, 0.1) is 12.0 Å². The van der Waals surface area contributed by atoms with E-state index >= 15 is 0 Å². The Morgan fingerprint density at radius 2 is 1.92 bits per heavy atom. The molecule has 7 nitrogen and oxygen atoms in total. The summed E-state index contributed by atoms with van der Waals surface area (Å²) in [6.07, 6.45) is 1.50. The molecule has 7 heteroatoms. The SMILES string of the molecule is CCNC(=O)c1cccc(NC(=O)c2ccc(-c3ccco3)[nH]c2=O)c1. The molecular weight excluding hydrogens is 334 g/mol. The second-order valence-electron chi connectivity index (χ2n) is 5.49. The molecule has 0 saturated heterocycles. The van der Waals surface area contributed by atoms with Crippen molar-refractivity contribution < 1.29 is 14.0 Å². The Morgan fingerprint density at radius 3 is 2.62 bits per heavy atom. The second-order valence-corrected chi connectivity index (χ2v) is 5.49. The molecule has 0 saturated carbocycles. The van der Waals surface area contributed by atoms with Gasteiger partial charge < -0.3 is 20.0 Å². The number of furan rings is 1. The summed E-state index contributed by atoms with van der Waals surface area (Å²) in [5, 5.41) is 5.32. The third-order valence-corrected chi connectivity index (χ3v) is 3.66. The predicted octanol–water partition coefficient (Wildman–Crippen LogP) is 2.64. The molecule has 0 aliphatic rings. The largest absolute Gasteiger partial charge is 0.463 e. The average Bonchev–Trinajstić information content (AvgIpc) is 3.16. The summed E-state index contributed by atoms with van der Waals surface area (Å²) in [4.78, 5) is 39.1.